The highest BCUT2D eigenvalue weighted by Crippen LogP contribution is 2.23. The molecule has 1 aromatic carbocycles. The molecule has 2 aromatic heterocycles. The second kappa shape index (κ2) is 8.05. The minimum Gasteiger partial charge on any atom is -0.496 e. The van der Waals surface area contributed by atoms with Gasteiger partial charge in [-0.05, 0) is 25.1 Å². The molecule has 142 valence electrons. The number of amides is 1. The molecule has 0 aliphatic rings. The molecule has 0 fully saturated rings. The van der Waals surface area contributed by atoms with Crippen LogP contribution in [-0.4, -0.2) is 41.2 Å². The first-order valence-electron chi connectivity index (χ1n) is 8.05. The van der Waals surface area contributed by atoms with Gasteiger partial charge in [0.25, 0.3) is 5.56 Å². The van der Waals surface area contributed by atoms with Gasteiger partial charge in [-0.2, -0.15) is 4.52 Å². The smallest absolute Gasteiger partial charge is 0.275 e. The molecule has 0 aliphatic carbocycles. The fourth-order valence-corrected chi connectivity index (χ4v) is 3.80. The Bertz CT molecular complexity index is 1050. The average molecular weight is 452 g/mol. The number of anilines is 1. The zero-order chi connectivity index (χ0) is 19.6. The van der Waals surface area contributed by atoms with Gasteiger partial charge >= 0.3 is 0 Å². The minimum atomic E-state index is -0.236. The van der Waals surface area contributed by atoms with Crippen LogP contribution in [0.3, 0.4) is 0 Å². The van der Waals surface area contributed by atoms with E-state index in [0.717, 1.165) is 10.0 Å². The summed E-state index contributed by atoms with van der Waals surface area (Å²) in [5, 5.41) is 7.65. The molecule has 2 heterocycles. The Morgan fingerprint density at radius 3 is 2.93 bits per heavy atom. The van der Waals surface area contributed by atoms with E-state index in [4.69, 9.17) is 4.74 Å². The molecule has 0 spiro atoms. The summed E-state index contributed by atoms with van der Waals surface area (Å²) in [5.41, 5.74) is 1.27. The Hall–Kier alpha value is -2.46. The van der Waals surface area contributed by atoms with E-state index in [-0.39, 0.29) is 18.0 Å². The maximum absolute atomic E-state index is 12.3. The molecule has 1 N–H and O–H groups in total. The summed E-state index contributed by atoms with van der Waals surface area (Å²) in [4.78, 5) is 30.7. The normalized spacial score (nSPS) is 10.8. The van der Waals surface area contributed by atoms with Crippen molar-refractivity contribution in [2.45, 2.75) is 13.5 Å². The number of nitrogens with one attached hydrogen (secondary N) is 1. The van der Waals surface area contributed by atoms with Gasteiger partial charge in [-0.25, -0.2) is 4.98 Å². The first kappa shape index (κ1) is 19.3. The molecule has 0 unspecified atom stereocenters. The van der Waals surface area contributed by atoms with Gasteiger partial charge in [-0.1, -0.05) is 27.3 Å². The van der Waals surface area contributed by atoms with E-state index in [0.29, 0.717) is 28.1 Å². The molecule has 10 heteroatoms. The lowest BCUT2D eigenvalue weighted by Crippen LogP contribution is -2.35. The average Bonchev–Trinajstić information content (AvgIpc) is 3.04. The first-order chi connectivity index (χ1) is 12.9. The van der Waals surface area contributed by atoms with Crippen LogP contribution in [0.4, 0.5) is 5.13 Å². The summed E-state index contributed by atoms with van der Waals surface area (Å²) in [7, 11) is 3.34. The van der Waals surface area contributed by atoms with Crippen molar-refractivity contribution in [1.82, 2.24) is 19.9 Å². The number of hydrogen-bond acceptors (Lipinski definition) is 7. The number of halogens is 1. The number of rotatable bonds is 6. The van der Waals surface area contributed by atoms with Crippen molar-refractivity contribution in [3.8, 4) is 5.75 Å². The number of likely N-dealkylation sites (N-methyl/N-ethyl adjacent to an activating group) is 1. The van der Waals surface area contributed by atoms with Crippen LogP contribution in [-0.2, 0) is 11.3 Å². The van der Waals surface area contributed by atoms with Crippen molar-refractivity contribution in [2.75, 3.05) is 25.6 Å². The topological polar surface area (TPSA) is 88.8 Å². The predicted molar refractivity (Wildman–Crippen MR) is 108 cm³/mol. The van der Waals surface area contributed by atoms with E-state index in [9.17, 15) is 9.59 Å². The van der Waals surface area contributed by atoms with Crippen LogP contribution < -0.4 is 20.5 Å². The molecule has 0 saturated heterocycles. The molecule has 0 radical (unpaired) electrons. The number of aryl methyl sites for hydroxylation is 1. The second-order valence-electron chi connectivity index (χ2n) is 5.90. The van der Waals surface area contributed by atoms with Gasteiger partial charge in [0.2, 0.25) is 16.0 Å². The van der Waals surface area contributed by atoms with Gasteiger partial charge in [0.1, 0.15) is 5.75 Å². The van der Waals surface area contributed by atoms with Crippen molar-refractivity contribution in [1.29, 1.82) is 0 Å². The Balaban J connectivity index is 1.67. The molecule has 0 saturated carbocycles. The highest BCUT2D eigenvalue weighted by atomic mass is 79.9. The molecule has 8 nitrogen and oxygen atoms in total. The van der Waals surface area contributed by atoms with Gasteiger partial charge < -0.3 is 15.0 Å². The van der Waals surface area contributed by atoms with Crippen molar-refractivity contribution in [3.63, 3.8) is 0 Å². The quantitative estimate of drug-likeness (QED) is 0.616. The Morgan fingerprint density at radius 1 is 1.41 bits per heavy atom. The van der Waals surface area contributed by atoms with Gasteiger partial charge in [-0.15, -0.1) is 5.10 Å². The predicted octanol–water partition coefficient (Wildman–Crippen LogP) is 1.98. The molecule has 0 atom stereocenters. The summed E-state index contributed by atoms with van der Waals surface area (Å²) in [6, 6.07) is 7.04. The fourth-order valence-electron chi connectivity index (χ4n) is 2.48. The number of hydrogen-bond donors (Lipinski definition) is 1. The lowest BCUT2D eigenvalue weighted by Gasteiger charge is -2.15. The van der Waals surface area contributed by atoms with E-state index in [1.54, 1.807) is 26.0 Å². The zero-order valence-corrected chi connectivity index (χ0v) is 17.4. The third-order valence-electron chi connectivity index (χ3n) is 3.79. The SMILES string of the molecule is COc1ccc(Br)cc1CNC(=O)CN(C)c1nn2c(=O)cc(C)nc2s1. The molecular weight excluding hydrogens is 434 g/mol. The number of aromatic nitrogens is 3. The standard InChI is InChI=1S/C17H18BrN5O3S/c1-10-6-15(25)23-16(20-10)27-17(21-23)22(2)9-14(24)19-8-11-7-12(18)4-5-13(11)26-3/h4-7H,8-9H2,1-3H3,(H,19,24). The maximum Gasteiger partial charge on any atom is 0.275 e. The number of ether oxygens (including phenoxy) is 1. The van der Waals surface area contributed by atoms with Gasteiger partial charge in [0.15, 0.2) is 0 Å². The third-order valence-corrected chi connectivity index (χ3v) is 5.30. The molecule has 1 amide bonds. The van der Waals surface area contributed by atoms with E-state index in [1.807, 2.05) is 18.2 Å². The van der Waals surface area contributed by atoms with Gasteiger partial charge in [0.05, 0.1) is 13.7 Å². The van der Waals surface area contributed by atoms with Crippen LogP contribution in [0.5, 0.6) is 5.75 Å². The van der Waals surface area contributed by atoms with Crippen molar-refractivity contribution < 1.29 is 9.53 Å². The molecule has 27 heavy (non-hydrogen) atoms. The summed E-state index contributed by atoms with van der Waals surface area (Å²) < 4.78 is 7.46. The minimum absolute atomic E-state index is 0.101. The Morgan fingerprint density at radius 2 is 2.19 bits per heavy atom. The van der Waals surface area contributed by atoms with Crippen molar-refractivity contribution in [2.24, 2.45) is 0 Å². The summed E-state index contributed by atoms with van der Waals surface area (Å²) in [6.07, 6.45) is 0. The molecule has 3 aromatic rings. The Labute approximate surface area is 167 Å². The number of fused-ring (bicyclic) bond motifs is 1. The lowest BCUT2D eigenvalue weighted by atomic mass is 10.2. The molecule has 3 rings (SSSR count). The largest absolute Gasteiger partial charge is 0.496 e. The van der Waals surface area contributed by atoms with Crippen molar-refractivity contribution in [3.05, 3.63) is 50.3 Å². The van der Waals surface area contributed by atoms with Crippen LogP contribution in [0.1, 0.15) is 11.3 Å². The van der Waals surface area contributed by atoms with Crippen LogP contribution in [0.25, 0.3) is 4.96 Å². The van der Waals surface area contributed by atoms with Crippen LogP contribution in [0, 0.1) is 6.92 Å². The maximum atomic E-state index is 12.3. The second-order valence-corrected chi connectivity index (χ2v) is 7.75. The summed E-state index contributed by atoms with van der Waals surface area (Å²) in [5.74, 6) is 0.536. The number of benzene rings is 1. The highest BCUT2D eigenvalue weighted by Gasteiger charge is 2.14. The van der Waals surface area contributed by atoms with E-state index >= 15 is 0 Å². The fraction of sp³-hybridized carbons (Fsp3) is 0.294. The van der Waals surface area contributed by atoms with Crippen LogP contribution in [0.15, 0.2) is 33.5 Å². The number of nitrogens with zero attached hydrogens (tertiary/aromatic N) is 4. The molecule has 0 aliphatic heterocycles. The molecular formula is C17H18BrN5O3S. The van der Waals surface area contributed by atoms with Crippen LogP contribution in [0.2, 0.25) is 0 Å². The number of carbonyl (C=O) groups excluding carboxylic acids is 1. The Kier molecular flexibility index (Phi) is 5.76. The van der Waals surface area contributed by atoms with Gasteiger partial charge in [-0.3, -0.25) is 9.59 Å². The van der Waals surface area contributed by atoms with E-state index in [1.165, 1.54) is 21.9 Å². The van der Waals surface area contributed by atoms with Crippen LogP contribution >= 0.6 is 27.3 Å². The summed E-state index contributed by atoms with van der Waals surface area (Å²) in [6.45, 7) is 2.20. The van der Waals surface area contributed by atoms with Crippen molar-refractivity contribution >= 4 is 43.3 Å². The first-order valence-corrected chi connectivity index (χ1v) is 9.66. The zero-order valence-electron chi connectivity index (χ0n) is 15.0. The number of methoxy groups -OCH3 is 1. The van der Waals surface area contributed by atoms with E-state index in [2.05, 4.69) is 31.3 Å². The lowest BCUT2D eigenvalue weighted by molar-refractivity contribution is -0.119. The molecule has 0 bridgehead atoms. The van der Waals surface area contributed by atoms with E-state index < -0.39 is 0 Å². The highest BCUT2D eigenvalue weighted by molar-refractivity contribution is 9.10. The summed E-state index contributed by atoms with van der Waals surface area (Å²) >= 11 is 4.67. The number of carbonyl (C=O) groups is 1. The third kappa shape index (κ3) is 4.45. The monoisotopic (exact) mass is 451 g/mol. The van der Waals surface area contributed by atoms with Gasteiger partial charge in [0, 0.05) is 35.4 Å².